The molecule has 1 fully saturated rings. The first-order valence-corrected chi connectivity index (χ1v) is 8.16. The van der Waals surface area contributed by atoms with Crippen molar-refractivity contribution < 1.29 is 22.7 Å². The number of hydrogen-bond donors (Lipinski definition) is 2. The number of nitrogens with one attached hydrogen (secondary N) is 1. The predicted molar refractivity (Wildman–Crippen MR) is 76.1 cm³/mol. The summed E-state index contributed by atoms with van der Waals surface area (Å²) in [5.41, 5.74) is -0.600. The van der Waals surface area contributed by atoms with Crippen molar-refractivity contribution in [2.45, 2.75) is 6.92 Å². The van der Waals surface area contributed by atoms with Gasteiger partial charge in [0.25, 0.3) is 5.91 Å². The van der Waals surface area contributed by atoms with Crippen molar-refractivity contribution >= 4 is 33.3 Å². The summed E-state index contributed by atoms with van der Waals surface area (Å²) < 4.78 is 44.5. The van der Waals surface area contributed by atoms with Gasteiger partial charge in [-0.05, 0) is 30.6 Å². The van der Waals surface area contributed by atoms with E-state index in [0.717, 1.165) is 17.6 Å². The number of aryl methyl sites for hydroxylation is 1. The minimum Gasteiger partial charge on any atom is -0.506 e. The second-order valence-corrected chi connectivity index (χ2v) is 6.83. The summed E-state index contributed by atoms with van der Waals surface area (Å²) in [4.78, 5) is 15.3. The van der Waals surface area contributed by atoms with Gasteiger partial charge in [-0.15, -0.1) is 0 Å². The van der Waals surface area contributed by atoms with E-state index in [2.05, 4.69) is 9.36 Å². The van der Waals surface area contributed by atoms with E-state index in [1.165, 1.54) is 6.07 Å². The third-order valence-electron chi connectivity index (χ3n) is 2.92. The van der Waals surface area contributed by atoms with Gasteiger partial charge in [0.2, 0.25) is 0 Å². The summed E-state index contributed by atoms with van der Waals surface area (Å²) in [6, 6.07) is 2.41. The Labute approximate surface area is 128 Å². The number of amides is 1. The van der Waals surface area contributed by atoms with Crippen molar-refractivity contribution in [2.24, 2.45) is 0 Å². The molecule has 22 heavy (non-hydrogen) atoms. The summed E-state index contributed by atoms with van der Waals surface area (Å²) in [6.45, 7) is 1.03. The number of hydrogen-bond acceptors (Lipinski definition) is 7. The van der Waals surface area contributed by atoms with Crippen LogP contribution >= 0.6 is 11.5 Å². The lowest BCUT2D eigenvalue weighted by atomic mass is 10.1. The summed E-state index contributed by atoms with van der Waals surface area (Å²) in [7, 11) is -4.23. The first-order valence-electron chi connectivity index (χ1n) is 5.95. The number of carbonyl (C=O) groups excluding carboxylic acids is 1. The average Bonchev–Trinajstić information content (AvgIpc) is 2.93. The number of phenolic OH excluding ortho intramolecular Hbond substituents is 1. The lowest BCUT2D eigenvalue weighted by Gasteiger charge is -2.17. The van der Waals surface area contributed by atoms with E-state index in [1.807, 2.05) is 0 Å². The van der Waals surface area contributed by atoms with E-state index in [1.54, 1.807) is 11.6 Å². The maximum absolute atomic E-state index is 14.7. The molecule has 0 atom stereocenters. The molecule has 2 aromatic rings. The molecular weight excluding hydrogens is 335 g/mol. The van der Waals surface area contributed by atoms with E-state index < -0.39 is 39.9 Å². The zero-order valence-corrected chi connectivity index (χ0v) is 12.7. The molecule has 2 heterocycles. The fraction of sp³-hybridized carbons (Fsp3) is 0.182. The van der Waals surface area contributed by atoms with Gasteiger partial charge in [-0.2, -0.15) is 12.8 Å². The van der Waals surface area contributed by atoms with Gasteiger partial charge in [-0.25, -0.2) is 18.4 Å². The van der Waals surface area contributed by atoms with Crippen LogP contribution in [0.15, 0.2) is 12.1 Å². The molecule has 0 saturated carbocycles. The van der Waals surface area contributed by atoms with Crippen molar-refractivity contribution in [3.8, 4) is 16.3 Å². The van der Waals surface area contributed by atoms with E-state index in [0.29, 0.717) is 10.1 Å². The molecule has 1 aliphatic heterocycles. The monoisotopic (exact) mass is 344 g/mol. The largest absolute Gasteiger partial charge is 0.506 e. The molecule has 8 nitrogen and oxygen atoms in total. The minimum absolute atomic E-state index is 0.00653. The topological polar surface area (TPSA) is 112 Å². The summed E-state index contributed by atoms with van der Waals surface area (Å²) in [5, 5.41) is 10.1. The molecule has 1 amide bonds. The van der Waals surface area contributed by atoms with Crippen LogP contribution in [0.1, 0.15) is 5.82 Å². The zero-order chi connectivity index (χ0) is 16.1. The zero-order valence-electron chi connectivity index (χ0n) is 11.1. The van der Waals surface area contributed by atoms with Gasteiger partial charge < -0.3 is 5.11 Å². The van der Waals surface area contributed by atoms with E-state index in [-0.39, 0.29) is 10.6 Å². The number of halogens is 1. The van der Waals surface area contributed by atoms with Crippen molar-refractivity contribution in [1.29, 1.82) is 0 Å². The van der Waals surface area contributed by atoms with Gasteiger partial charge in [-0.1, -0.05) is 0 Å². The Hall–Kier alpha value is -2.27. The third kappa shape index (κ3) is 2.27. The van der Waals surface area contributed by atoms with Crippen LogP contribution in [0.3, 0.4) is 0 Å². The highest BCUT2D eigenvalue weighted by atomic mass is 32.2. The van der Waals surface area contributed by atoms with Crippen LogP contribution in [0.4, 0.5) is 10.1 Å². The number of carbonyl (C=O) groups is 1. The van der Waals surface area contributed by atoms with Gasteiger partial charge in [-0.3, -0.25) is 4.79 Å². The van der Waals surface area contributed by atoms with Gasteiger partial charge >= 0.3 is 10.2 Å². The Bertz CT molecular complexity index is 880. The number of aromatic hydroxyl groups is 1. The van der Waals surface area contributed by atoms with E-state index in [4.69, 9.17) is 0 Å². The first-order chi connectivity index (χ1) is 10.3. The molecule has 0 aliphatic carbocycles. The van der Waals surface area contributed by atoms with Gasteiger partial charge in [0.05, 0.1) is 5.56 Å². The number of benzene rings is 1. The molecule has 1 aromatic heterocycles. The normalized spacial score (nSPS) is 16.8. The predicted octanol–water partition coefficient (Wildman–Crippen LogP) is 0.539. The first kappa shape index (κ1) is 14.7. The lowest BCUT2D eigenvalue weighted by molar-refractivity contribution is -0.117. The molecule has 0 spiro atoms. The van der Waals surface area contributed by atoms with Crippen molar-refractivity contribution in [2.75, 3.05) is 10.8 Å². The van der Waals surface area contributed by atoms with Crippen LogP contribution in [-0.4, -0.2) is 35.3 Å². The van der Waals surface area contributed by atoms with Gasteiger partial charge in [0.1, 0.15) is 28.8 Å². The van der Waals surface area contributed by atoms with E-state index >= 15 is 0 Å². The average molecular weight is 344 g/mol. The lowest BCUT2D eigenvalue weighted by Crippen LogP contribution is -2.30. The van der Waals surface area contributed by atoms with Crippen molar-refractivity contribution in [1.82, 2.24) is 14.1 Å². The number of anilines is 1. The maximum Gasteiger partial charge on any atom is 0.326 e. The maximum atomic E-state index is 14.7. The van der Waals surface area contributed by atoms with Gasteiger partial charge in [0, 0.05) is 0 Å². The Morgan fingerprint density at radius 3 is 2.73 bits per heavy atom. The fourth-order valence-corrected chi connectivity index (χ4v) is 3.86. The highest BCUT2D eigenvalue weighted by Crippen LogP contribution is 2.38. The summed E-state index contributed by atoms with van der Waals surface area (Å²) in [5.74, 6) is -1.95. The molecule has 2 N–H and O–H groups in total. The summed E-state index contributed by atoms with van der Waals surface area (Å²) >= 11 is 0.941. The molecule has 1 saturated heterocycles. The SMILES string of the molecule is Cc1nsc(-c2ccc(O)c(N3CC(=O)NS3(=O)=O)c2F)n1. The Morgan fingerprint density at radius 2 is 2.18 bits per heavy atom. The minimum atomic E-state index is -4.23. The van der Waals surface area contributed by atoms with Crippen molar-refractivity contribution in [3.05, 3.63) is 23.8 Å². The molecule has 1 aliphatic rings. The molecule has 0 unspecified atom stereocenters. The van der Waals surface area contributed by atoms with Crippen LogP contribution in [0.2, 0.25) is 0 Å². The van der Waals surface area contributed by atoms with Crippen LogP contribution in [0.5, 0.6) is 5.75 Å². The Morgan fingerprint density at radius 1 is 1.45 bits per heavy atom. The molecule has 0 radical (unpaired) electrons. The van der Waals surface area contributed by atoms with Crippen LogP contribution in [-0.2, 0) is 15.0 Å². The molecule has 11 heteroatoms. The fourth-order valence-electron chi connectivity index (χ4n) is 2.01. The van der Waals surface area contributed by atoms with Crippen LogP contribution in [0, 0.1) is 12.7 Å². The smallest absolute Gasteiger partial charge is 0.326 e. The molecule has 0 bridgehead atoms. The molecule has 1 aromatic carbocycles. The summed E-state index contributed by atoms with van der Waals surface area (Å²) in [6.07, 6.45) is 0. The number of aromatic nitrogens is 2. The van der Waals surface area contributed by atoms with E-state index in [9.17, 15) is 22.7 Å². The third-order valence-corrected chi connectivity index (χ3v) is 5.14. The number of rotatable bonds is 2. The molecule has 116 valence electrons. The standard InChI is InChI=1S/C11H9FN4O4S2/c1-5-13-11(21-14-5)6-2-3-7(17)10(9(6)12)16-4-8(18)15-22(16,19)20/h2-3,17H,4H2,1H3,(H,15,18). The number of nitrogens with zero attached hydrogens (tertiary/aromatic N) is 3. The second kappa shape index (κ2) is 4.88. The van der Waals surface area contributed by atoms with Gasteiger partial charge in [0.15, 0.2) is 5.82 Å². The van der Waals surface area contributed by atoms with Crippen LogP contribution < -0.4 is 9.03 Å². The highest BCUT2D eigenvalue weighted by molar-refractivity contribution is 7.92. The van der Waals surface area contributed by atoms with Crippen molar-refractivity contribution in [3.63, 3.8) is 0 Å². The highest BCUT2D eigenvalue weighted by Gasteiger charge is 2.38. The molecule has 3 rings (SSSR count). The second-order valence-electron chi connectivity index (χ2n) is 4.48. The Kier molecular flexibility index (Phi) is 3.25. The quantitative estimate of drug-likeness (QED) is 0.822. The number of phenols is 1. The Balaban J connectivity index is 2.19. The van der Waals surface area contributed by atoms with Crippen LogP contribution in [0.25, 0.3) is 10.6 Å². The molecular formula is C11H9FN4O4S2.